The zero-order valence-corrected chi connectivity index (χ0v) is 20.3. The molecule has 180 valence electrons. The van der Waals surface area contributed by atoms with Gasteiger partial charge in [0.1, 0.15) is 5.75 Å². The molecular weight excluding hydrogens is 448 g/mol. The Kier molecular flexibility index (Phi) is 6.94. The Morgan fingerprint density at radius 2 is 1.68 bits per heavy atom. The highest BCUT2D eigenvalue weighted by molar-refractivity contribution is 7.98. The first-order valence-corrected chi connectivity index (χ1v) is 13.2. The van der Waals surface area contributed by atoms with Gasteiger partial charge in [-0.25, -0.2) is 4.79 Å². The molecule has 1 spiro atoms. The van der Waals surface area contributed by atoms with Crippen LogP contribution in [0.5, 0.6) is 5.75 Å². The van der Waals surface area contributed by atoms with Gasteiger partial charge in [0.05, 0.1) is 5.54 Å². The Morgan fingerprint density at radius 3 is 2.21 bits per heavy atom. The maximum absolute atomic E-state index is 13.3. The number of carboxylic acid groups (broad SMARTS) is 1. The highest BCUT2D eigenvalue weighted by Crippen LogP contribution is 2.66. The van der Waals surface area contributed by atoms with Gasteiger partial charge < -0.3 is 20.8 Å². The predicted molar refractivity (Wildman–Crippen MR) is 137 cm³/mol. The zero-order chi connectivity index (χ0) is 24.3. The number of thioether (sulfide) groups is 1. The molecule has 2 aromatic carbocycles. The van der Waals surface area contributed by atoms with Crippen molar-refractivity contribution in [1.29, 1.82) is 0 Å². The summed E-state index contributed by atoms with van der Waals surface area (Å²) in [6.45, 7) is 0. The number of aromatic hydroxyl groups is 1. The molecule has 0 bridgehead atoms. The summed E-state index contributed by atoms with van der Waals surface area (Å²) in [7, 11) is 0. The molecule has 7 heteroatoms. The van der Waals surface area contributed by atoms with E-state index in [0.717, 1.165) is 55.3 Å². The second kappa shape index (κ2) is 9.74. The van der Waals surface area contributed by atoms with Gasteiger partial charge in [0.25, 0.3) is 0 Å². The molecule has 2 fully saturated rings. The van der Waals surface area contributed by atoms with E-state index in [2.05, 4.69) is 4.90 Å². The average molecular weight is 481 g/mol. The van der Waals surface area contributed by atoms with Crippen LogP contribution in [0, 0.1) is 0 Å². The number of aliphatic carboxylic acids is 1. The standard InChI is InChI=1S/C27H32N2O4S/c1-34-18-23(20-9-6-19(7-10-20)8-15-24(28)31)27(25(32)33)26(16-4-2-3-5-17-26)29(27)21-11-13-22(30)14-12-21/h6-15,23,30H,2-5,16-18H2,1H3,(H2,28,31)(H,32,33)/b15-8+/t23?,27-,29?/m0/s1. The highest BCUT2D eigenvalue weighted by atomic mass is 32.2. The van der Waals surface area contributed by atoms with Gasteiger partial charge in [-0.3, -0.25) is 4.79 Å². The molecule has 0 radical (unpaired) electrons. The number of rotatable bonds is 8. The fraction of sp³-hybridized carbons (Fsp3) is 0.407. The molecule has 4 rings (SSSR count). The molecule has 6 nitrogen and oxygen atoms in total. The minimum absolute atomic E-state index is 0.168. The third-order valence-electron chi connectivity index (χ3n) is 7.42. The van der Waals surface area contributed by atoms with Gasteiger partial charge in [-0.05, 0) is 60.6 Å². The minimum Gasteiger partial charge on any atom is -0.508 e. The lowest BCUT2D eigenvalue weighted by molar-refractivity contribution is -0.141. The second-order valence-corrected chi connectivity index (χ2v) is 10.2. The van der Waals surface area contributed by atoms with Crippen molar-refractivity contribution in [3.05, 3.63) is 65.7 Å². The summed E-state index contributed by atoms with van der Waals surface area (Å²) in [5.41, 5.74) is 6.34. The second-order valence-electron chi connectivity index (χ2n) is 9.28. The van der Waals surface area contributed by atoms with Crippen LogP contribution in [0.3, 0.4) is 0 Å². The summed E-state index contributed by atoms with van der Waals surface area (Å²) in [5, 5.41) is 20.7. The number of benzene rings is 2. The van der Waals surface area contributed by atoms with Crippen molar-refractivity contribution in [2.75, 3.05) is 16.9 Å². The molecule has 1 aliphatic heterocycles. The molecule has 1 aliphatic carbocycles. The summed E-state index contributed by atoms with van der Waals surface area (Å²) in [6, 6.07) is 14.7. The normalized spacial score (nSPS) is 22.4. The average Bonchev–Trinajstić information content (AvgIpc) is 3.50. The van der Waals surface area contributed by atoms with Crippen LogP contribution >= 0.6 is 11.8 Å². The van der Waals surface area contributed by atoms with Crippen LogP contribution in [0.2, 0.25) is 0 Å². The third-order valence-corrected chi connectivity index (χ3v) is 8.09. The van der Waals surface area contributed by atoms with Gasteiger partial charge in [0, 0.05) is 23.4 Å². The maximum atomic E-state index is 13.3. The number of anilines is 1. The first kappa shape index (κ1) is 24.2. The molecule has 1 saturated heterocycles. The van der Waals surface area contributed by atoms with Gasteiger partial charge in [0.15, 0.2) is 5.54 Å². The molecule has 2 atom stereocenters. The van der Waals surface area contributed by atoms with E-state index in [1.165, 1.54) is 6.08 Å². The van der Waals surface area contributed by atoms with Gasteiger partial charge in [-0.15, -0.1) is 0 Å². The number of nitrogens with zero attached hydrogens (tertiary/aromatic N) is 1. The molecule has 1 heterocycles. The zero-order valence-electron chi connectivity index (χ0n) is 19.4. The van der Waals surface area contributed by atoms with Gasteiger partial charge >= 0.3 is 5.97 Å². The Hall–Kier alpha value is -2.93. The lowest BCUT2D eigenvalue weighted by atomic mass is 9.75. The Labute approximate surface area is 204 Å². The van der Waals surface area contributed by atoms with Crippen LogP contribution in [-0.4, -0.2) is 45.2 Å². The number of amides is 1. The number of primary amides is 1. The molecule has 1 unspecified atom stereocenters. The van der Waals surface area contributed by atoms with Crippen molar-refractivity contribution < 1.29 is 19.8 Å². The molecule has 2 aliphatic rings. The van der Waals surface area contributed by atoms with E-state index in [1.807, 2.05) is 42.7 Å². The highest BCUT2D eigenvalue weighted by Gasteiger charge is 2.81. The van der Waals surface area contributed by atoms with Crippen molar-refractivity contribution in [3.63, 3.8) is 0 Å². The molecule has 2 aromatic rings. The van der Waals surface area contributed by atoms with Crippen molar-refractivity contribution in [2.24, 2.45) is 5.73 Å². The fourth-order valence-electron chi connectivity index (χ4n) is 6.01. The Morgan fingerprint density at radius 1 is 1.06 bits per heavy atom. The number of carbonyl (C=O) groups is 2. The Bertz CT molecular complexity index is 1060. The van der Waals surface area contributed by atoms with Crippen LogP contribution in [0.1, 0.15) is 55.6 Å². The van der Waals surface area contributed by atoms with Gasteiger partial charge in [-0.2, -0.15) is 11.8 Å². The third kappa shape index (κ3) is 4.06. The number of carboxylic acids is 1. The smallest absolute Gasteiger partial charge is 0.332 e. The van der Waals surface area contributed by atoms with Crippen LogP contribution < -0.4 is 10.6 Å². The fourth-order valence-corrected chi connectivity index (χ4v) is 6.78. The predicted octanol–water partition coefficient (Wildman–Crippen LogP) is 4.77. The van der Waals surface area contributed by atoms with E-state index in [0.29, 0.717) is 5.75 Å². The van der Waals surface area contributed by atoms with Crippen LogP contribution in [0.15, 0.2) is 54.6 Å². The van der Waals surface area contributed by atoms with Crippen molar-refractivity contribution in [3.8, 4) is 5.75 Å². The van der Waals surface area contributed by atoms with Crippen molar-refractivity contribution in [2.45, 2.75) is 55.5 Å². The summed E-state index contributed by atoms with van der Waals surface area (Å²) < 4.78 is 0. The SMILES string of the molecule is CSCC(c1ccc(/C=C/C(N)=O)cc1)[C@@]1(C(=O)O)N(c2ccc(O)cc2)C12CCCCCC2. The van der Waals surface area contributed by atoms with E-state index in [4.69, 9.17) is 5.73 Å². The molecule has 4 N–H and O–H groups in total. The number of phenolic OH excluding ortho intramolecular Hbond substituents is 1. The van der Waals surface area contributed by atoms with Crippen LogP contribution in [0.25, 0.3) is 6.08 Å². The molecule has 1 saturated carbocycles. The number of hydrogen-bond donors (Lipinski definition) is 3. The van der Waals surface area contributed by atoms with Gasteiger partial charge in [-0.1, -0.05) is 49.9 Å². The first-order chi connectivity index (χ1) is 16.4. The molecule has 34 heavy (non-hydrogen) atoms. The summed E-state index contributed by atoms with van der Waals surface area (Å²) in [6.07, 6.45) is 10.9. The van der Waals surface area contributed by atoms with Crippen LogP contribution in [-0.2, 0) is 9.59 Å². The molecule has 1 amide bonds. The molecule has 0 aromatic heterocycles. The lowest BCUT2D eigenvalue weighted by Crippen LogP contribution is -2.42. The Balaban J connectivity index is 1.82. The monoisotopic (exact) mass is 480 g/mol. The summed E-state index contributed by atoms with van der Waals surface area (Å²) in [5.74, 6) is -0.701. The maximum Gasteiger partial charge on any atom is 0.332 e. The summed E-state index contributed by atoms with van der Waals surface area (Å²) >= 11 is 1.65. The van der Waals surface area contributed by atoms with Crippen molar-refractivity contribution in [1.82, 2.24) is 0 Å². The van der Waals surface area contributed by atoms with E-state index < -0.39 is 23.0 Å². The number of hydrogen-bond acceptors (Lipinski definition) is 5. The number of phenols is 1. The molecular formula is C27H32N2O4S. The number of carbonyl (C=O) groups excluding carboxylic acids is 1. The van der Waals surface area contributed by atoms with E-state index in [1.54, 1.807) is 30.0 Å². The van der Waals surface area contributed by atoms with E-state index >= 15 is 0 Å². The van der Waals surface area contributed by atoms with E-state index in [-0.39, 0.29) is 11.7 Å². The largest absolute Gasteiger partial charge is 0.508 e. The number of nitrogens with two attached hydrogens (primary N) is 1. The first-order valence-electron chi connectivity index (χ1n) is 11.8. The van der Waals surface area contributed by atoms with Crippen LogP contribution in [0.4, 0.5) is 5.69 Å². The minimum atomic E-state index is -1.07. The van der Waals surface area contributed by atoms with Gasteiger partial charge in [0.2, 0.25) is 5.91 Å². The van der Waals surface area contributed by atoms with Crippen molar-refractivity contribution >= 4 is 35.4 Å². The summed E-state index contributed by atoms with van der Waals surface area (Å²) in [4.78, 5) is 26.5. The lowest BCUT2D eigenvalue weighted by Gasteiger charge is -2.27. The topological polar surface area (TPSA) is 104 Å². The quantitative estimate of drug-likeness (QED) is 0.371. The van der Waals surface area contributed by atoms with E-state index in [9.17, 15) is 19.8 Å².